The lowest BCUT2D eigenvalue weighted by Gasteiger charge is -2.11. The van der Waals surface area contributed by atoms with Gasteiger partial charge in [0.15, 0.2) is 0 Å². The highest BCUT2D eigenvalue weighted by atomic mass is 35.5. The van der Waals surface area contributed by atoms with E-state index in [0.717, 1.165) is 10.6 Å². The van der Waals surface area contributed by atoms with Crippen molar-refractivity contribution in [3.63, 3.8) is 0 Å². The third-order valence-electron chi connectivity index (χ3n) is 2.32. The summed E-state index contributed by atoms with van der Waals surface area (Å²) < 4.78 is 5.52. The van der Waals surface area contributed by atoms with E-state index in [0.29, 0.717) is 12.5 Å². The summed E-state index contributed by atoms with van der Waals surface area (Å²) in [6, 6.07) is 6.21. The van der Waals surface area contributed by atoms with E-state index in [4.69, 9.17) is 16.3 Å². The summed E-state index contributed by atoms with van der Waals surface area (Å²) in [7, 11) is 0. The van der Waals surface area contributed by atoms with E-state index in [9.17, 15) is 0 Å². The molecule has 0 heterocycles. The maximum Gasteiger partial charge on any atom is 0.0734 e. The van der Waals surface area contributed by atoms with E-state index in [2.05, 4.69) is 26.0 Å². The molecule has 0 bridgehead atoms. The monoisotopic (exact) mass is 226 g/mol. The molecule has 0 N–H and O–H groups in total. The Morgan fingerprint density at radius 2 is 1.87 bits per heavy atom. The van der Waals surface area contributed by atoms with Crippen molar-refractivity contribution in [3.8, 4) is 0 Å². The average molecular weight is 227 g/mol. The van der Waals surface area contributed by atoms with Crippen LogP contribution in [0.3, 0.4) is 0 Å². The fourth-order valence-corrected chi connectivity index (χ4v) is 1.54. The van der Waals surface area contributed by atoms with Crippen molar-refractivity contribution in [3.05, 3.63) is 34.3 Å². The summed E-state index contributed by atoms with van der Waals surface area (Å²) in [6.45, 7) is 8.97. The third kappa shape index (κ3) is 3.84. The Morgan fingerprint density at radius 3 is 2.33 bits per heavy atom. The molecule has 1 aromatic carbocycles. The van der Waals surface area contributed by atoms with Gasteiger partial charge in [0.2, 0.25) is 0 Å². The molecular weight excluding hydrogens is 208 g/mol. The Labute approximate surface area is 97.4 Å². The molecule has 84 valence electrons. The molecule has 0 saturated heterocycles. The van der Waals surface area contributed by atoms with Crippen LogP contribution in [0.4, 0.5) is 0 Å². The van der Waals surface area contributed by atoms with E-state index in [-0.39, 0.29) is 6.10 Å². The lowest BCUT2D eigenvalue weighted by atomic mass is 10.0. The van der Waals surface area contributed by atoms with Crippen LogP contribution >= 0.6 is 11.6 Å². The van der Waals surface area contributed by atoms with Crippen LogP contribution in [0, 0.1) is 0 Å². The van der Waals surface area contributed by atoms with Gasteiger partial charge in [0, 0.05) is 5.02 Å². The second-order valence-electron chi connectivity index (χ2n) is 4.37. The standard InChI is InChI=1S/C13H19ClO/c1-9(2)11-5-6-12(13(14)7-11)8-15-10(3)4/h5-7,9-10H,8H2,1-4H3. The summed E-state index contributed by atoms with van der Waals surface area (Å²) >= 11 is 6.18. The highest BCUT2D eigenvalue weighted by Gasteiger charge is 2.05. The van der Waals surface area contributed by atoms with Crippen molar-refractivity contribution in [1.29, 1.82) is 0 Å². The molecule has 1 rings (SSSR count). The van der Waals surface area contributed by atoms with Gasteiger partial charge in [-0.2, -0.15) is 0 Å². The molecule has 15 heavy (non-hydrogen) atoms. The van der Waals surface area contributed by atoms with Gasteiger partial charge in [-0.15, -0.1) is 0 Å². The summed E-state index contributed by atoms with van der Waals surface area (Å²) in [4.78, 5) is 0. The summed E-state index contributed by atoms with van der Waals surface area (Å²) in [5.41, 5.74) is 2.34. The number of rotatable bonds is 4. The molecule has 1 nitrogen and oxygen atoms in total. The molecule has 0 spiro atoms. The van der Waals surface area contributed by atoms with Crippen LogP contribution in [0.5, 0.6) is 0 Å². The Hall–Kier alpha value is -0.530. The highest BCUT2D eigenvalue weighted by Crippen LogP contribution is 2.23. The Balaban J connectivity index is 2.75. The number of hydrogen-bond donors (Lipinski definition) is 0. The van der Waals surface area contributed by atoms with Crippen LogP contribution in [0.25, 0.3) is 0 Å². The quantitative estimate of drug-likeness (QED) is 0.740. The maximum atomic E-state index is 6.18. The molecule has 0 aliphatic heterocycles. The zero-order valence-electron chi connectivity index (χ0n) is 9.88. The van der Waals surface area contributed by atoms with Crippen molar-refractivity contribution in [2.75, 3.05) is 0 Å². The Morgan fingerprint density at radius 1 is 1.20 bits per heavy atom. The first-order chi connectivity index (χ1) is 7.00. The zero-order chi connectivity index (χ0) is 11.4. The minimum atomic E-state index is 0.242. The predicted molar refractivity (Wildman–Crippen MR) is 65.5 cm³/mol. The normalized spacial score (nSPS) is 11.4. The molecule has 0 unspecified atom stereocenters. The van der Waals surface area contributed by atoms with Gasteiger partial charge in [-0.3, -0.25) is 0 Å². The zero-order valence-corrected chi connectivity index (χ0v) is 10.6. The lowest BCUT2D eigenvalue weighted by Crippen LogP contribution is -2.03. The first kappa shape index (κ1) is 12.5. The van der Waals surface area contributed by atoms with E-state index in [1.165, 1.54) is 5.56 Å². The van der Waals surface area contributed by atoms with Gasteiger partial charge in [0.25, 0.3) is 0 Å². The lowest BCUT2D eigenvalue weighted by molar-refractivity contribution is 0.0657. The molecule has 0 saturated carbocycles. The van der Waals surface area contributed by atoms with Gasteiger partial charge in [-0.25, -0.2) is 0 Å². The second-order valence-corrected chi connectivity index (χ2v) is 4.77. The highest BCUT2D eigenvalue weighted by molar-refractivity contribution is 6.31. The van der Waals surface area contributed by atoms with Crippen molar-refractivity contribution in [1.82, 2.24) is 0 Å². The van der Waals surface area contributed by atoms with Crippen LogP contribution < -0.4 is 0 Å². The molecule has 0 aromatic heterocycles. The third-order valence-corrected chi connectivity index (χ3v) is 2.67. The first-order valence-electron chi connectivity index (χ1n) is 5.40. The van der Waals surface area contributed by atoms with Crippen LogP contribution in [-0.2, 0) is 11.3 Å². The predicted octanol–water partition coefficient (Wildman–Crippen LogP) is 4.39. The van der Waals surface area contributed by atoms with Crippen LogP contribution in [-0.4, -0.2) is 6.10 Å². The van der Waals surface area contributed by atoms with Gasteiger partial charge in [0.1, 0.15) is 0 Å². The minimum absolute atomic E-state index is 0.242. The average Bonchev–Trinajstić information content (AvgIpc) is 2.15. The van der Waals surface area contributed by atoms with Crippen LogP contribution in [0.1, 0.15) is 44.7 Å². The topological polar surface area (TPSA) is 9.23 Å². The van der Waals surface area contributed by atoms with Gasteiger partial charge in [-0.05, 0) is 37.0 Å². The van der Waals surface area contributed by atoms with Crippen LogP contribution in [0.2, 0.25) is 5.02 Å². The van der Waals surface area contributed by atoms with Crippen molar-refractivity contribution < 1.29 is 4.74 Å². The molecule has 2 heteroatoms. The molecule has 0 atom stereocenters. The largest absolute Gasteiger partial charge is 0.374 e. The minimum Gasteiger partial charge on any atom is -0.374 e. The maximum absolute atomic E-state index is 6.18. The SMILES string of the molecule is CC(C)OCc1ccc(C(C)C)cc1Cl. The molecule has 1 aromatic rings. The van der Waals surface area contributed by atoms with Gasteiger partial charge in [-0.1, -0.05) is 37.6 Å². The van der Waals surface area contributed by atoms with E-state index in [1.54, 1.807) is 0 Å². The number of benzene rings is 1. The van der Waals surface area contributed by atoms with Crippen LogP contribution in [0.15, 0.2) is 18.2 Å². The summed E-state index contributed by atoms with van der Waals surface area (Å²) in [5.74, 6) is 0.516. The molecule has 0 amide bonds. The van der Waals surface area contributed by atoms with Crippen molar-refractivity contribution in [2.24, 2.45) is 0 Å². The Bertz CT molecular complexity index is 318. The number of hydrogen-bond acceptors (Lipinski definition) is 1. The van der Waals surface area contributed by atoms with Gasteiger partial charge in [0.05, 0.1) is 12.7 Å². The van der Waals surface area contributed by atoms with Gasteiger partial charge >= 0.3 is 0 Å². The number of halogens is 1. The van der Waals surface area contributed by atoms with Crippen molar-refractivity contribution in [2.45, 2.75) is 46.3 Å². The Kier molecular flexibility index (Phi) is 4.62. The molecule has 0 aliphatic carbocycles. The smallest absolute Gasteiger partial charge is 0.0734 e. The number of ether oxygens (including phenoxy) is 1. The van der Waals surface area contributed by atoms with E-state index in [1.807, 2.05) is 19.9 Å². The molecular formula is C13H19ClO. The fourth-order valence-electron chi connectivity index (χ4n) is 1.30. The van der Waals surface area contributed by atoms with E-state index >= 15 is 0 Å². The molecule has 0 aliphatic rings. The first-order valence-corrected chi connectivity index (χ1v) is 5.78. The van der Waals surface area contributed by atoms with E-state index < -0.39 is 0 Å². The molecule has 0 radical (unpaired) electrons. The fraction of sp³-hybridized carbons (Fsp3) is 0.538. The molecule has 0 fully saturated rings. The second kappa shape index (κ2) is 5.53. The summed E-state index contributed by atoms with van der Waals surface area (Å²) in [5, 5.41) is 0.807. The van der Waals surface area contributed by atoms with Crippen molar-refractivity contribution >= 4 is 11.6 Å². The van der Waals surface area contributed by atoms with Gasteiger partial charge < -0.3 is 4.74 Å². The summed E-state index contributed by atoms with van der Waals surface area (Å²) in [6.07, 6.45) is 0.242.